The third kappa shape index (κ3) is 6.58. The van der Waals surface area contributed by atoms with Crippen LogP contribution < -0.4 is 4.74 Å². The molecule has 0 amide bonds. The SMILES string of the molecule is C[C@@H]1OC(O)(c2ccc3c(OCc4ccccc4)cccc3c2O)C[C@H](OCc2ccccc2)[C@H]1OCc1ccccc1. The highest BCUT2D eigenvalue weighted by Gasteiger charge is 2.48. The Morgan fingerprint density at radius 1 is 0.674 bits per heavy atom. The van der Waals surface area contributed by atoms with Gasteiger partial charge in [-0.3, -0.25) is 0 Å². The van der Waals surface area contributed by atoms with Crippen LogP contribution >= 0.6 is 0 Å². The number of fused-ring (bicyclic) bond motifs is 1. The van der Waals surface area contributed by atoms with Crippen molar-refractivity contribution in [3.63, 3.8) is 0 Å². The lowest BCUT2D eigenvalue weighted by molar-refractivity contribution is -0.318. The average Bonchev–Trinajstić information content (AvgIpc) is 3.04. The largest absolute Gasteiger partial charge is 0.507 e. The number of aromatic hydroxyl groups is 1. The van der Waals surface area contributed by atoms with Gasteiger partial charge in [-0.2, -0.15) is 0 Å². The van der Waals surface area contributed by atoms with E-state index in [0.29, 0.717) is 31.0 Å². The zero-order valence-corrected chi connectivity index (χ0v) is 24.1. The predicted octanol–water partition coefficient (Wildman–Crippen LogP) is 7.25. The Hall–Kier alpha value is -4.20. The van der Waals surface area contributed by atoms with Crippen LogP contribution in [-0.4, -0.2) is 28.5 Å². The second kappa shape index (κ2) is 13.0. The van der Waals surface area contributed by atoms with Gasteiger partial charge in [0, 0.05) is 17.2 Å². The van der Waals surface area contributed by atoms with Crippen LogP contribution in [-0.2, 0) is 39.8 Å². The van der Waals surface area contributed by atoms with Gasteiger partial charge < -0.3 is 29.2 Å². The number of benzene rings is 5. The molecule has 1 unspecified atom stereocenters. The highest BCUT2D eigenvalue weighted by molar-refractivity contribution is 5.94. The number of hydrogen-bond donors (Lipinski definition) is 2. The average molecular weight is 577 g/mol. The van der Waals surface area contributed by atoms with Gasteiger partial charge in [0.1, 0.15) is 24.2 Å². The second-order valence-electron chi connectivity index (χ2n) is 11.0. The summed E-state index contributed by atoms with van der Waals surface area (Å²) in [5.74, 6) is -1.21. The summed E-state index contributed by atoms with van der Waals surface area (Å²) in [5.41, 5.74) is 3.38. The smallest absolute Gasteiger partial charge is 0.198 e. The van der Waals surface area contributed by atoms with Gasteiger partial charge in [-0.15, -0.1) is 0 Å². The topological polar surface area (TPSA) is 77.4 Å². The highest BCUT2D eigenvalue weighted by atomic mass is 16.7. The molecule has 220 valence electrons. The van der Waals surface area contributed by atoms with E-state index >= 15 is 0 Å². The third-order valence-electron chi connectivity index (χ3n) is 7.93. The van der Waals surface area contributed by atoms with Crippen molar-refractivity contribution < 1.29 is 29.2 Å². The van der Waals surface area contributed by atoms with Crippen molar-refractivity contribution in [3.8, 4) is 11.5 Å². The minimum absolute atomic E-state index is 0.0529. The lowest BCUT2D eigenvalue weighted by Crippen LogP contribution is -2.54. The number of aliphatic hydroxyl groups is 1. The monoisotopic (exact) mass is 576 g/mol. The summed E-state index contributed by atoms with van der Waals surface area (Å²) < 4.78 is 25.1. The van der Waals surface area contributed by atoms with Gasteiger partial charge in [-0.1, -0.05) is 103 Å². The summed E-state index contributed by atoms with van der Waals surface area (Å²) in [5, 5.41) is 24.8. The lowest BCUT2D eigenvalue weighted by Gasteiger charge is -2.45. The van der Waals surface area contributed by atoms with E-state index in [1.807, 2.05) is 122 Å². The molecule has 1 aliphatic rings. The van der Waals surface area contributed by atoms with Crippen molar-refractivity contribution in [2.45, 2.75) is 57.3 Å². The van der Waals surface area contributed by atoms with Gasteiger partial charge in [0.25, 0.3) is 0 Å². The quantitative estimate of drug-likeness (QED) is 0.182. The minimum Gasteiger partial charge on any atom is -0.507 e. The molecule has 0 aliphatic carbocycles. The molecule has 0 spiro atoms. The van der Waals surface area contributed by atoms with Gasteiger partial charge in [-0.25, -0.2) is 0 Å². The summed E-state index contributed by atoms with van der Waals surface area (Å²) >= 11 is 0. The Labute approximate surface area is 252 Å². The summed E-state index contributed by atoms with van der Waals surface area (Å²) in [7, 11) is 0. The fraction of sp³-hybridized carbons (Fsp3) is 0.243. The molecule has 1 saturated heterocycles. The van der Waals surface area contributed by atoms with Crippen LogP contribution in [0.15, 0.2) is 121 Å². The summed E-state index contributed by atoms with van der Waals surface area (Å²) in [6.07, 6.45) is -1.40. The molecule has 6 rings (SSSR count). The summed E-state index contributed by atoms with van der Waals surface area (Å²) in [6.45, 7) is 3.01. The first-order chi connectivity index (χ1) is 21.0. The first-order valence-electron chi connectivity index (χ1n) is 14.6. The fourth-order valence-electron chi connectivity index (χ4n) is 5.72. The Morgan fingerprint density at radius 2 is 1.26 bits per heavy atom. The van der Waals surface area contributed by atoms with Gasteiger partial charge >= 0.3 is 0 Å². The van der Waals surface area contributed by atoms with Crippen LogP contribution in [0.3, 0.4) is 0 Å². The van der Waals surface area contributed by atoms with E-state index < -0.39 is 24.1 Å². The molecule has 6 nitrogen and oxygen atoms in total. The van der Waals surface area contributed by atoms with E-state index in [9.17, 15) is 10.2 Å². The van der Waals surface area contributed by atoms with Crippen molar-refractivity contribution >= 4 is 10.8 Å². The normalized spacial score (nSPS) is 22.0. The number of phenolic OH excluding ortho intramolecular Hbond substituents is 1. The Balaban J connectivity index is 1.26. The number of phenols is 1. The van der Waals surface area contributed by atoms with E-state index in [0.717, 1.165) is 22.1 Å². The highest BCUT2D eigenvalue weighted by Crippen LogP contribution is 2.45. The van der Waals surface area contributed by atoms with Gasteiger partial charge in [0.05, 0.1) is 31.0 Å². The lowest BCUT2D eigenvalue weighted by atomic mass is 9.89. The molecule has 5 aromatic carbocycles. The van der Waals surface area contributed by atoms with E-state index in [4.69, 9.17) is 18.9 Å². The summed E-state index contributed by atoms with van der Waals surface area (Å²) in [4.78, 5) is 0. The first kappa shape index (κ1) is 28.9. The Morgan fingerprint density at radius 3 is 1.88 bits per heavy atom. The molecule has 2 N–H and O–H groups in total. The van der Waals surface area contributed by atoms with Crippen molar-refractivity contribution in [1.82, 2.24) is 0 Å². The molecule has 1 aliphatic heterocycles. The zero-order chi connectivity index (χ0) is 29.6. The predicted molar refractivity (Wildman–Crippen MR) is 165 cm³/mol. The second-order valence-corrected chi connectivity index (χ2v) is 11.0. The maximum Gasteiger partial charge on any atom is 0.198 e. The van der Waals surface area contributed by atoms with E-state index in [1.54, 1.807) is 6.07 Å². The van der Waals surface area contributed by atoms with Crippen molar-refractivity contribution in [1.29, 1.82) is 0 Å². The molecule has 0 radical (unpaired) electrons. The molecule has 1 fully saturated rings. The molecular weight excluding hydrogens is 540 g/mol. The zero-order valence-electron chi connectivity index (χ0n) is 24.1. The standard InChI is InChI=1S/C37H36O6/c1-26-36(42-25-29-16-9-4-10-17-29)34(41-24-28-14-7-3-8-15-28)22-37(39,43-26)32-21-20-30-31(35(32)38)18-11-19-33(30)40-23-27-12-5-2-6-13-27/h2-21,26,34,36,38-39H,22-25H2,1H3/t26-,34-,36-,37?/m0/s1. The van der Waals surface area contributed by atoms with Gasteiger partial charge in [-0.05, 0) is 41.8 Å². The van der Waals surface area contributed by atoms with Crippen molar-refractivity contribution in [2.75, 3.05) is 0 Å². The number of ether oxygens (including phenoxy) is 4. The van der Waals surface area contributed by atoms with E-state index in [1.165, 1.54) is 0 Å². The van der Waals surface area contributed by atoms with Crippen LogP contribution in [0.4, 0.5) is 0 Å². The first-order valence-corrected chi connectivity index (χ1v) is 14.6. The molecule has 5 aromatic rings. The van der Waals surface area contributed by atoms with Crippen LogP contribution in [0.1, 0.15) is 35.6 Å². The molecule has 4 atom stereocenters. The van der Waals surface area contributed by atoms with Crippen LogP contribution in [0.25, 0.3) is 10.8 Å². The molecule has 0 bridgehead atoms. The number of hydrogen-bond acceptors (Lipinski definition) is 6. The molecule has 1 heterocycles. The van der Waals surface area contributed by atoms with Crippen LogP contribution in [0, 0.1) is 0 Å². The molecule has 6 heteroatoms. The fourth-order valence-corrected chi connectivity index (χ4v) is 5.72. The Bertz CT molecular complexity index is 1630. The van der Waals surface area contributed by atoms with Crippen molar-refractivity contribution in [2.24, 2.45) is 0 Å². The van der Waals surface area contributed by atoms with Gasteiger partial charge in [0.2, 0.25) is 0 Å². The third-order valence-corrected chi connectivity index (χ3v) is 7.93. The van der Waals surface area contributed by atoms with E-state index in [2.05, 4.69) is 0 Å². The van der Waals surface area contributed by atoms with Crippen LogP contribution in [0.5, 0.6) is 11.5 Å². The number of rotatable bonds is 10. The molecular formula is C37H36O6. The van der Waals surface area contributed by atoms with Crippen LogP contribution in [0.2, 0.25) is 0 Å². The van der Waals surface area contributed by atoms with E-state index in [-0.39, 0.29) is 17.7 Å². The summed E-state index contributed by atoms with van der Waals surface area (Å²) in [6, 6.07) is 38.8. The van der Waals surface area contributed by atoms with Gasteiger partial charge in [0.15, 0.2) is 5.79 Å². The Kier molecular flexibility index (Phi) is 8.72. The molecule has 43 heavy (non-hydrogen) atoms. The minimum atomic E-state index is -1.80. The molecule has 0 aromatic heterocycles. The van der Waals surface area contributed by atoms with Crippen molar-refractivity contribution in [3.05, 3.63) is 144 Å². The maximum absolute atomic E-state index is 12.0. The molecule has 0 saturated carbocycles. The maximum atomic E-state index is 12.0.